The second-order valence-corrected chi connectivity index (χ2v) is 6.26. The molecule has 1 atom stereocenters. The molecule has 1 unspecified atom stereocenters. The van der Waals surface area contributed by atoms with Crippen molar-refractivity contribution in [2.75, 3.05) is 31.1 Å². The monoisotopic (exact) mass is 330 g/mol. The number of benzene rings is 1. The minimum Gasteiger partial charge on any atom is -0.370 e. The van der Waals surface area contributed by atoms with Gasteiger partial charge in [0.15, 0.2) is 0 Å². The quantitative estimate of drug-likeness (QED) is 0.865. The van der Waals surface area contributed by atoms with E-state index in [1.807, 2.05) is 22.6 Å². The van der Waals surface area contributed by atoms with Crippen molar-refractivity contribution in [3.8, 4) is 0 Å². The topological polar surface area (TPSA) is 41.4 Å². The van der Waals surface area contributed by atoms with Gasteiger partial charge in [0.1, 0.15) is 5.82 Å². The molecular formula is C18H23FN4O. The van der Waals surface area contributed by atoms with Gasteiger partial charge in [0.2, 0.25) is 5.91 Å². The van der Waals surface area contributed by atoms with Gasteiger partial charge >= 0.3 is 0 Å². The van der Waals surface area contributed by atoms with E-state index in [1.165, 1.54) is 12.1 Å². The van der Waals surface area contributed by atoms with Crippen molar-refractivity contribution in [3.63, 3.8) is 0 Å². The number of hydrogen-bond donors (Lipinski definition) is 0. The summed E-state index contributed by atoms with van der Waals surface area (Å²) in [5, 5.41) is 0. The first-order valence-corrected chi connectivity index (χ1v) is 8.39. The molecule has 1 amide bonds. The molecule has 0 N–H and O–H groups in total. The molecule has 3 rings (SSSR count). The zero-order chi connectivity index (χ0) is 16.9. The van der Waals surface area contributed by atoms with Crippen molar-refractivity contribution >= 4 is 11.6 Å². The van der Waals surface area contributed by atoms with Gasteiger partial charge in [-0.1, -0.05) is 0 Å². The Bertz CT molecular complexity index is 656. The molecule has 1 aromatic heterocycles. The van der Waals surface area contributed by atoms with E-state index in [1.54, 1.807) is 24.7 Å². The van der Waals surface area contributed by atoms with Crippen molar-refractivity contribution in [3.05, 3.63) is 48.8 Å². The lowest BCUT2D eigenvalue weighted by Crippen LogP contribution is -2.36. The van der Waals surface area contributed by atoms with Crippen LogP contribution in [0.15, 0.2) is 43.0 Å². The zero-order valence-electron chi connectivity index (χ0n) is 13.9. The van der Waals surface area contributed by atoms with Crippen LogP contribution < -0.4 is 4.90 Å². The molecule has 1 aliphatic heterocycles. The number of hydrogen-bond acceptors (Lipinski definition) is 3. The molecule has 5 nitrogen and oxygen atoms in total. The van der Waals surface area contributed by atoms with Crippen LogP contribution in [-0.2, 0) is 4.79 Å². The maximum atomic E-state index is 13.1. The fourth-order valence-electron chi connectivity index (χ4n) is 3.09. The van der Waals surface area contributed by atoms with E-state index in [0.29, 0.717) is 13.0 Å². The highest BCUT2D eigenvalue weighted by atomic mass is 19.1. The van der Waals surface area contributed by atoms with Gasteiger partial charge in [0, 0.05) is 56.7 Å². The summed E-state index contributed by atoms with van der Waals surface area (Å²) in [6.07, 6.45) is 6.76. The van der Waals surface area contributed by atoms with Crippen LogP contribution >= 0.6 is 0 Å². The molecule has 6 heteroatoms. The van der Waals surface area contributed by atoms with Gasteiger partial charge in [-0.15, -0.1) is 0 Å². The Morgan fingerprint density at radius 1 is 1.21 bits per heavy atom. The zero-order valence-corrected chi connectivity index (χ0v) is 13.9. The standard InChI is InChI=1S/C18H23FN4O/c1-15(23-10-7-20-14-23)13-18(24)22-9-2-8-21(11-12-22)17-5-3-16(19)4-6-17/h3-7,10,14-15H,2,8-9,11-13H2,1H3. The fraction of sp³-hybridized carbons (Fsp3) is 0.444. The number of carbonyl (C=O) groups excluding carboxylic acids is 1. The van der Waals surface area contributed by atoms with E-state index >= 15 is 0 Å². The van der Waals surface area contributed by atoms with Crippen LogP contribution in [0.25, 0.3) is 0 Å². The lowest BCUT2D eigenvalue weighted by Gasteiger charge is -2.24. The normalized spacial score (nSPS) is 16.8. The molecule has 0 aliphatic carbocycles. The van der Waals surface area contributed by atoms with Crippen molar-refractivity contribution < 1.29 is 9.18 Å². The van der Waals surface area contributed by atoms with Crippen molar-refractivity contribution in [2.24, 2.45) is 0 Å². The van der Waals surface area contributed by atoms with Crippen LogP contribution in [0.4, 0.5) is 10.1 Å². The molecule has 24 heavy (non-hydrogen) atoms. The second kappa shape index (κ2) is 7.47. The Morgan fingerprint density at radius 3 is 2.71 bits per heavy atom. The molecule has 2 heterocycles. The smallest absolute Gasteiger partial charge is 0.224 e. The summed E-state index contributed by atoms with van der Waals surface area (Å²) >= 11 is 0. The molecule has 1 saturated heterocycles. The maximum Gasteiger partial charge on any atom is 0.224 e. The lowest BCUT2D eigenvalue weighted by atomic mass is 10.2. The average Bonchev–Trinajstić information content (AvgIpc) is 3.00. The predicted molar refractivity (Wildman–Crippen MR) is 91.4 cm³/mol. The van der Waals surface area contributed by atoms with E-state index in [4.69, 9.17) is 0 Å². The number of amides is 1. The Labute approximate surface area is 141 Å². The van der Waals surface area contributed by atoms with Crippen LogP contribution in [0, 0.1) is 5.82 Å². The number of nitrogens with zero attached hydrogens (tertiary/aromatic N) is 4. The summed E-state index contributed by atoms with van der Waals surface area (Å²) in [6, 6.07) is 6.67. The molecule has 0 saturated carbocycles. The van der Waals surface area contributed by atoms with E-state index in [-0.39, 0.29) is 17.8 Å². The molecule has 1 fully saturated rings. The third-order valence-electron chi connectivity index (χ3n) is 4.54. The molecule has 1 aromatic carbocycles. The molecule has 128 valence electrons. The maximum absolute atomic E-state index is 13.1. The molecule has 0 radical (unpaired) electrons. The Kier molecular flexibility index (Phi) is 5.13. The van der Waals surface area contributed by atoms with Gasteiger partial charge in [-0.25, -0.2) is 9.37 Å². The molecule has 2 aromatic rings. The van der Waals surface area contributed by atoms with Crippen molar-refractivity contribution in [2.45, 2.75) is 25.8 Å². The number of anilines is 1. The van der Waals surface area contributed by atoms with Crippen LogP contribution in [0.2, 0.25) is 0 Å². The number of carbonyl (C=O) groups is 1. The van der Waals surface area contributed by atoms with Gasteiger partial charge in [-0.3, -0.25) is 4.79 Å². The Balaban J connectivity index is 1.56. The summed E-state index contributed by atoms with van der Waals surface area (Å²) in [7, 11) is 0. The lowest BCUT2D eigenvalue weighted by molar-refractivity contribution is -0.131. The third-order valence-corrected chi connectivity index (χ3v) is 4.54. The fourth-order valence-corrected chi connectivity index (χ4v) is 3.09. The number of rotatable bonds is 4. The second-order valence-electron chi connectivity index (χ2n) is 6.26. The van der Waals surface area contributed by atoms with E-state index in [0.717, 1.165) is 31.7 Å². The average molecular weight is 330 g/mol. The predicted octanol–water partition coefficient (Wildman–Crippen LogP) is 2.71. The van der Waals surface area contributed by atoms with Gasteiger partial charge in [-0.2, -0.15) is 0 Å². The minimum atomic E-state index is -0.223. The highest BCUT2D eigenvalue weighted by Gasteiger charge is 2.21. The van der Waals surface area contributed by atoms with Gasteiger partial charge in [0.25, 0.3) is 0 Å². The first-order chi connectivity index (χ1) is 11.6. The summed E-state index contributed by atoms with van der Waals surface area (Å²) in [5.41, 5.74) is 1.01. The molecule has 1 aliphatic rings. The number of halogens is 1. The molecule has 0 bridgehead atoms. The van der Waals surface area contributed by atoms with E-state index in [9.17, 15) is 9.18 Å². The molecule has 0 spiro atoms. The Hall–Kier alpha value is -2.37. The van der Waals surface area contributed by atoms with Crippen LogP contribution in [-0.4, -0.2) is 46.5 Å². The van der Waals surface area contributed by atoms with Gasteiger partial charge in [-0.05, 0) is 37.6 Å². The summed E-state index contributed by atoms with van der Waals surface area (Å²) in [5.74, 6) is -0.0454. The summed E-state index contributed by atoms with van der Waals surface area (Å²) in [6.45, 7) is 5.16. The third kappa shape index (κ3) is 3.93. The highest BCUT2D eigenvalue weighted by Crippen LogP contribution is 2.18. The first kappa shape index (κ1) is 16.5. The van der Waals surface area contributed by atoms with Crippen LogP contribution in [0.1, 0.15) is 25.8 Å². The largest absolute Gasteiger partial charge is 0.370 e. The summed E-state index contributed by atoms with van der Waals surface area (Å²) in [4.78, 5) is 20.8. The van der Waals surface area contributed by atoms with Crippen molar-refractivity contribution in [1.82, 2.24) is 14.5 Å². The van der Waals surface area contributed by atoms with Crippen molar-refractivity contribution in [1.29, 1.82) is 0 Å². The Morgan fingerprint density at radius 2 is 2.00 bits per heavy atom. The van der Waals surface area contributed by atoms with Gasteiger partial charge < -0.3 is 14.4 Å². The highest BCUT2D eigenvalue weighted by molar-refractivity contribution is 5.76. The number of aromatic nitrogens is 2. The van der Waals surface area contributed by atoms with E-state index in [2.05, 4.69) is 9.88 Å². The number of imidazole rings is 1. The van der Waals surface area contributed by atoms with E-state index < -0.39 is 0 Å². The first-order valence-electron chi connectivity index (χ1n) is 8.39. The SMILES string of the molecule is CC(CC(=O)N1CCCN(c2ccc(F)cc2)CC1)n1ccnc1. The summed E-state index contributed by atoms with van der Waals surface area (Å²) < 4.78 is 15.0. The molecular weight excluding hydrogens is 307 g/mol. The van der Waals surface area contributed by atoms with Gasteiger partial charge in [0.05, 0.1) is 6.33 Å². The van der Waals surface area contributed by atoms with Crippen LogP contribution in [0.3, 0.4) is 0 Å². The minimum absolute atomic E-state index is 0.108. The van der Waals surface area contributed by atoms with Crippen LogP contribution in [0.5, 0.6) is 0 Å².